The van der Waals surface area contributed by atoms with E-state index in [2.05, 4.69) is 46.7 Å². The molecule has 2 aliphatic carbocycles. The normalized spacial score (nSPS) is 23.3. The molecule has 2 aliphatic heterocycles. The lowest BCUT2D eigenvalue weighted by Gasteiger charge is -2.56. The predicted molar refractivity (Wildman–Crippen MR) is 215 cm³/mol. The number of H-pyrrole nitrogens is 1. The number of nitro groups is 1. The Morgan fingerprint density at radius 1 is 1.02 bits per heavy atom. The maximum Gasteiger partial charge on any atom is 0.312 e. The number of piperidine rings is 1. The predicted octanol–water partition coefficient (Wildman–Crippen LogP) is 5.13. The number of piperazine rings is 1. The van der Waals surface area contributed by atoms with E-state index in [0.29, 0.717) is 42.2 Å². The molecule has 304 valence electrons. The Labute approximate surface area is 332 Å². The summed E-state index contributed by atoms with van der Waals surface area (Å²) in [6, 6.07) is 10.3. The van der Waals surface area contributed by atoms with E-state index in [1.165, 1.54) is 19.0 Å². The highest BCUT2D eigenvalue weighted by Crippen LogP contribution is 2.51. The van der Waals surface area contributed by atoms with E-state index >= 15 is 0 Å². The van der Waals surface area contributed by atoms with Gasteiger partial charge in [-0.15, -0.1) is 0 Å². The molecule has 8 rings (SSSR count). The third-order valence-electron chi connectivity index (χ3n) is 12.7. The Bertz CT molecular complexity index is 2230. The molecule has 1 amide bonds. The van der Waals surface area contributed by atoms with Gasteiger partial charge in [0.05, 0.1) is 28.5 Å². The summed E-state index contributed by atoms with van der Waals surface area (Å²) in [5.41, 5.74) is 0.588. The van der Waals surface area contributed by atoms with Crippen LogP contribution >= 0.6 is 0 Å². The number of pyridine rings is 2. The maximum atomic E-state index is 13.8. The molecule has 1 aromatic carbocycles. The van der Waals surface area contributed by atoms with Crippen LogP contribution in [0.3, 0.4) is 0 Å². The fraction of sp³-hybridized carbons (Fsp3) is 0.525. The van der Waals surface area contributed by atoms with E-state index in [9.17, 15) is 28.4 Å². The van der Waals surface area contributed by atoms with Crippen LogP contribution in [0.5, 0.6) is 11.5 Å². The number of hydrogen-bond donors (Lipinski definition) is 4. The monoisotopic (exact) mass is 801 g/mol. The van der Waals surface area contributed by atoms with Gasteiger partial charge in [0.15, 0.2) is 0 Å². The molecule has 0 bridgehead atoms. The number of benzene rings is 1. The number of fused-ring (bicyclic) bond motifs is 1. The zero-order valence-electron chi connectivity index (χ0n) is 32.4. The maximum absolute atomic E-state index is 13.8. The minimum atomic E-state index is -4.61. The van der Waals surface area contributed by atoms with Crippen LogP contribution in [0.4, 0.5) is 17.2 Å². The molecule has 0 radical (unpaired) electrons. The molecular formula is C40H51N9O7S. The molecule has 0 unspecified atom stereocenters. The molecule has 16 nitrogen and oxygen atoms in total. The summed E-state index contributed by atoms with van der Waals surface area (Å²) in [6.45, 7) is 8.39. The number of anilines is 2. The second-order valence-corrected chi connectivity index (χ2v) is 18.5. The Kier molecular flexibility index (Phi) is 10.6. The number of sulfonamides is 1. The van der Waals surface area contributed by atoms with Crippen LogP contribution in [0.15, 0.2) is 59.9 Å². The molecule has 4 N–H and O–H groups in total. The first-order valence-corrected chi connectivity index (χ1v) is 21.3. The number of carbonyl (C=O) groups excluding carboxylic acids is 1. The molecule has 17 heteroatoms. The van der Waals surface area contributed by atoms with Gasteiger partial charge in [-0.1, -0.05) is 0 Å². The highest BCUT2D eigenvalue weighted by molar-refractivity contribution is 7.90. The number of likely N-dealkylation sites (N-methyl/N-ethyl adjacent to an activating group) is 1. The van der Waals surface area contributed by atoms with Crippen LogP contribution in [0.25, 0.3) is 11.0 Å². The Morgan fingerprint density at radius 2 is 1.75 bits per heavy atom. The summed E-state index contributed by atoms with van der Waals surface area (Å²) in [5.74, 6) is -0.361. The van der Waals surface area contributed by atoms with Crippen molar-refractivity contribution < 1.29 is 28.0 Å². The van der Waals surface area contributed by atoms with Crippen molar-refractivity contribution in [3.63, 3.8) is 0 Å². The van der Waals surface area contributed by atoms with Gasteiger partial charge in [0.25, 0.3) is 15.9 Å². The van der Waals surface area contributed by atoms with Gasteiger partial charge in [-0.3, -0.25) is 19.8 Å². The summed E-state index contributed by atoms with van der Waals surface area (Å²) < 4.78 is 35.6. The lowest BCUT2D eigenvalue weighted by molar-refractivity contribution is -0.384. The van der Waals surface area contributed by atoms with E-state index in [1.54, 1.807) is 37.4 Å². The Hall–Kier alpha value is -4.84. The lowest BCUT2D eigenvalue weighted by atomic mass is 9.60. The van der Waals surface area contributed by atoms with Crippen molar-refractivity contribution in [2.45, 2.75) is 74.8 Å². The topological polar surface area (TPSA) is 199 Å². The van der Waals surface area contributed by atoms with Crippen molar-refractivity contribution >= 4 is 44.2 Å². The highest BCUT2D eigenvalue weighted by atomic mass is 32.2. The number of carbonyl (C=O) groups is 1. The van der Waals surface area contributed by atoms with Crippen molar-refractivity contribution in [3.05, 3.63) is 70.7 Å². The first-order chi connectivity index (χ1) is 27.2. The first-order valence-electron chi connectivity index (χ1n) is 19.9. The van der Waals surface area contributed by atoms with Gasteiger partial charge >= 0.3 is 5.69 Å². The zero-order valence-corrected chi connectivity index (χ0v) is 33.3. The summed E-state index contributed by atoms with van der Waals surface area (Å²) >= 11 is 0. The average molecular weight is 802 g/mol. The summed E-state index contributed by atoms with van der Waals surface area (Å²) in [7, 11) is -2.42. The van der Waals surface area contributed by atoms with Crippen molar-refractivity contribution in [1.29, 1.82) is 0 Å². The molecule has 5 heterocycles. The summed E-state index contributed by atoms with van der Waals surface area (Å²) in [6.07, 6.45) is 11.6. The van der Waals surface area contributed by atoms with Crippen LogP contribution < -0.4 is 19.7 Å². The van der Waals surface area contributed by atoms with Crippen LogP contribution in [0.1, 0.15) is 68.6 Å². The number of rotatable bonds is 11. The number of aromatic nitrogens is 3. The van der Waals surface area contributed by atoms with Gasteiger partial charge in [0.1, 0.15) is 22.0 Å². The molecule has 4 fully saturated rings. The minimum Gasteiger partial charge on any atom is -0.455 e. The van der Waals surface area contributed by atoms with Crippen molar-refractivity contribution in [2.24, 2.45) is 11.3 Å². The third kappa shape index (κ3) is 8.56. The van der Waals surface area contributed by atoms with Gasteiger partial charge in [-0.25, -0.2) is 23.1 Å². The molecule has 4 aromatic rings. The highest BCUT2D eigenvalue weighted by Gasteiger charge is 2.48. The van der Waals surface area contributed by atoms with Crippen LogP contribution in [0, 0.1) is 21.4 Å². The number of nitrogens with zero attached hydrogens (tertiary/aromatic N) is 6. The van der Waals surface area contributed by atoms with Crippen LogP contribution in [-0.4, -0.2) is 114 Å². The van der Waals surface area contributed by atoms with Crippen molar-refractivity contribution in [2.75, 3.05) is 63.1 Å². The molecule has 2 saturated heterocycles. The number of nitrogens with one attached hydrogen (secondary N) is 3. The smallest absolute Gasteiger partial charge is 0.312 e. The van der Waals surface area contributed by atoms with Crippen LogP contribution in [0.2, 0.25) is 0 Å². The SMILES string of the molecule is CN1CCN(C2CC3(CCN(c4ccc(C(=O)NS(=O)(=O)c5cnc(NCC6CCC(C)(O)CC6)c([N+](=O)[O-])c5)c(Oc5cnc6[nH]ccc6c5)c4)CC3)C2)CC1. The molecule has 0 atom stereocenters. The molecule has 4 aliphatic rings. The minimum absolute atomic E-state index is 0.0359. The average Bonchev–Trinajstić information content (AvgIpc) is 3.65. The number of amides is 1. The third-order valence-corrected chi connectivity index (χ3v) is 14.0. The fourth-order valence-corrected chi connectivity index (χ4v) is 9.88. The second kappa shape index (κ2) is 15.5. The first kappa shape index (κ1) is 39.0. The zero-order chi connectivity index (χ0) is 40.0. The lowest BCUT2D eigenvalue weighted by Crippen LogP contribution is -2.58. The van der Waals surface area contributed by atoms with Crippen molar-refractivity contribution in [1.82, 2.24) is 29.5 Å². The number of ether oxygens (including phenoxy) is 1. The van der Waals surface area contributed by atoms with E-state index in [0.717, 1.165) is 88.3 Å². The summed E-state index contributed by atoms with van der Waals surface area (Å²) in [5, 5.41) is 26.1. The Balaban J connectivity index is 0.978. The largest absolute Gasteiger partial charge is 0.455 e. The quantitative estimate of drug-likeness (QED) is 0.115. The molecule has 2 saturated carbocycles. The fourth-order valence-electron chi connectivity index (χ4n) is 8.95. The molecule has 3 aromatic heterocycles. The number of aliphatic hydroxyl groups is 1. The van der Waals surface area contributed by atoms with Gasteiger partial charge in [-0.05, 0) is 101 Å². The van der Waals surface area contributed by atoms with E-state index < -0.39 is 37.0 Å². The summed E-state index contributed by atoms with van der Waals surface area (Å²) in [4.78, 5) is 43.5. The van der Waals surface area contributed by atoms with E-state index in [-0.39, 0.29) is 23.0 Å². The number of aromatic amines is 1. The van der Waals surface area contributed by atoms with E-state index in [4.69, 9.17) is 4.74 Å². The standard InChI is InChI=1S/C40H51N9O7S/c1-39(51)8-5-27(6-9-39)24-42-37-34(49(52)53)21-32(26-44-37)57(54,55)45-38(50)33-4-3-29(20-35(33)56-31-19-28-7-12-41-36(28)43-25-31)47-13-10-40(11-14-47)22-30(23-40)48-17-15-46(2)16-18-48/h3-4,7,12,19-21,25-27,30,51H,5-6,8-11,13-18,22-24H2,1-2H3,(H,41,43)(H,42,44)(H,45,50). The molecule has 57 heavy (non-hydrogen) atoms. The molecular weight excluding hydrogens is 751 g/mol. The van der Waals surface area contributed by atoms with Gasteiger partial charge < -0.3 is 29.9 Å². The second-order valence-electron chi connectivity index (χ2n) is 16.8. The van der Waals surface area contributed by atoms with Gasteiger partial charge in [0, 0.05) is 81.3 Å². The van der Waals surface area contributed by atoms with Gasteiger partial charge in [-0.2, -0.15) is 0 Å². The van der Waals surface area contributed by atoms with Crippen LogP contribution in [-0.2, 0) is 10.0 Å². The molecule has 1 spiro atoms. The Morgan fingerprint density at radius 3 is 2.47 bits per heavy atom. The van der Waals surface area contributed by atoms with Gasteiger partial charge in [0.2, 0.25) is 5.82 Å². The number of hydrogen-bond acceptors (Lipinski definition) is 13. The van der Waals surface area contributed by atoms with E-state index in [1.807, 2.05) is 6.07 Å². The van der Waals surface area contributed by atoms with Crippen molar-refractivity contribution in [3.8, 4) is 11.5 Å².